The number of nitrogens with one attached hydrogen (secondary N) is 1. The van der Waals surface area contributed by atoms with E-state index in [1.54, 1.807) is 0 Å². The predicted molar refractivity (Wildman–Crippen MR) is 77.7 cm³/mol. The lowest BCUT2D eigenvalue weighted by molar-refractivity contribution is 0.123. The molecule has 1 aromatic heterocycles. The highest BCUT2D eigenvalue weighted by atomic mass is 16.5. The third-order valence-electron chi connectivity index (χ3n) is 4.64. The van der Waals surface area contributed by atoms with Crippen molar-refractivity contribution in [3.05, 3.63) is 5.82 Å². The van der Waals surface area contributed by atoms with Crippen LogP contribution < -0.4 is 10.6 Å². The van der Waals surface area contributed by atoms with Gasteiger partial charge in [-0.3, -0.25) is 5.10 Å². The predicted octanol–water partition coefficient (Wildman–Crippen LogP) is 1.26. The summed E-state index contributed by atoms with van der Waals surface area (Å²) in [5.41, 5.74) is 5.98. The average molecular weight is 279 g/mol. The van der Waals surface area contributed by atoms with Crippen LogP contribution in [0, 0.1) is 5.92 Å². The highest BCUT2D eigenvalue weighted by Crippen LogP contribution is 2.28. The Morgan fingerprint density at radius 3 is 2.75 bits per heavy atom. The molecule has 0 bridgehead atoms. The van der Waals surface area contributed by atoms with Crippen LogP contribution in [-0.2, 0) is 4.74 Å². The molecular formula is C14H25N5O. The van der Waals surface area contributed by atoms with Crippen LogP contribution in [-0.4, -0.2) is 47.0 Å². The number of nitrogens with zero attached hydrogens (tertiary/aromatic N) is 3. The van der Waals surface area contributed by atoms with Crippen molar-refractivity contribution in [2.45, 2.75) is 51.2 Å². The topological polar surface area (TPSA) is 80.1 Å². The number of ether oxygens (including phenoxy) is 1. The Labute approximate surface area is 120 Å². The highest BCUT2D eigenvalue weighted by Gasteiger charge is 2.28. The van der Waals surface area contributed by atoms with E-state index in [9.17, 15) is 0 Å². The first-order valence-electron chi connectivity index (χ1n) is 7.68. The van der Waals surface area contributed by atoms with E-state index >= 15 is 0 Å². The molecule has 3 rings (SSSR count). The molecule has 0 aliphatic carbocycles. The monoisotopic (exact) mass is 279 g/mol. The molecule has 0 aromatic carbocycles. The van der Waals surface area contributed by atoms with E-state index in [0.717, 1.165) is 50.7 Å². The van der Waals surface area contributed by atoms with Gasteiger partial charge in [-0.1, -0.05) is 0 Å². The molecule has 3 heterocycles. The second-order valence-corrected chi connectivity index (χ2v) is 6.28. The summed E-state index contributed by atoms with van der Waals surface area (Å²) in [6, 6.07) is 0.289. The van der Waals surface area contributed by atoms with Crippen LogP contribution in [0.2, 0.25) is 0 Å². The van der Waals surface area contributed by atoms with E-state index < -0.39 is 0 Å². The van der Waals surface area contributed by atoms with Gasteiger partial charge in [0.05, 0.1) is 12.7 Å². The smallest absolute Gasteiger partial charge is 0.244 e. The standard InChI is InChI=1S/C14H25N5O/c1-9-7-12(8-20-9)13-16-14(18-17-13)19-5-3-11(4-6-19)10(2)15/h9-12H,3-8,15H2,1-2H3,(H,16,17,18). The van der Waals surface area contributed by atoms with E-state index in [-0.39, 0.29) is 6.04 Å². The quantitative estimate of drug-likeness (QED) is 0.870. The van der Waals surface area contributed by atoms with Crippen molar-refractivity contribution in [2.75, 3.05) is 24.6 Å². The summed E-state index contributed by atoms with van der Waals surface area (Å²) in [6.07, 6.45) is 3.62. The largest absolute Gasteiger partial charge is 0.378 e. The van der Waals surface area contributed by atoms with Crippen LogP contribution in [0.1, 0.15) is 44.9 Å². The molecule has 0 radical (unpaired) electrons. The summed E-state index contributed by atoms with van der Waals surface area (Å²) in [6.45, 7) is 6.97. The van der Waals surface area contributed by atoms with Crippen molar-refractivity contribution in [1.29, 1.82) is 0 Å². The van der Waals surface area contributed by atoms with Gasteiger partial charge in [0.15, 0.2) is 0 Å². The third-order valence-corrected chi connectivity index (χ3v) is 4.64. The minimum absolute atomic E-state index is 0.289. The second kappa shape index (κ2) is 5.69. The Bertz CT molecular complexity index is 439. The van der Waals surface area contributed by atoms with Gasteiger partial charge in [0, 0.05) is 25.0 Å². The molecule has 112 valence electrons. The maximum Gasteiger partial charge on any atom is 0.244 e. The second-order valence-electron chi connectivity index (χ2n) is 6.28. The molecule has 2 aliphatic heterocycles. The first-order valence-corrected chi connectivity index (χ1v) is 7.68. The van der Waals surface area contributed by atoms with E-state index in [2.05, 4.69) is 33.9 Å². The maximum absolute atomic E-state index is 5.98. The molecule has 2 saturated heterocycles. The summed E-state index contributed by atoms with van der Waals surface area (Å²) < 4.78 is 5.60. The van der Waals surface area contributed by atoms with Gasteiger partial charge in [-0.25, -0.2) is 0 Å². The molecular weight excluding hydrogens is 254 g/mol. The van der Waals surface area contributed by atoms with Crippen molar-refractivity contribution >= 4 is 5.95 Å². The Balaban J connectivity index is 1.60. The molecule has 20 heavy (non-hydrogen) atoms. The summed E-state index contributed by atoms with van der Waals surface area (Å²) >= 11 is 0. The number of piperidine rings is 1. The van der Waals surface area contributed by atoms with E-state index in [4.69, 9.17) is 10.5 Å². The molecule has 6 heteroatoms. The van der Waals surface area contributed by atoms with Gasteiger partial charge in [-0.15, -0.1) is 5.10 Å². The number of H-pyrrole nitrogens is 1. The van der Waals surface area contributed by atoms with E-state index in [1.165, 1.54) is 0 Å². The van der Waals surface area contributed by atoms with Gasteiger partial charge in [-0.05, 0) is 39.0 Å². The lowest BCUT2D eigenvalue weighted by Gasteiger charge is -2.32. The fraction of sp³-hybridized carbons (Fsp3) is 0.857. The average Bonchev–Trinajstić information content (AvgIpc) is 3.07. The summed E-state index contributed by atoms with van der Waals surface area (Å²) in [4.78, 5) is 6.93. The molecule has 0 spiro atoms. The fourth-order valence-corrected chi connectivity index (χ4v) is 3.22. The van der Waals surface area contributed by atoms with Crippen LogP contribution in [0.25, 0.3) is 0 Å². The highest BCUT2D eigenvalue weighted by molar-refractivity contribution is 5.30. The molecule has 6 nitrogen and oxygen atoms in total. The minimum Gasteiger partial charge on any atom is -0.378 e. The number of rotatable bonds is 3. The minimum atomic E-state index is 0.289. The maximum atomic E-state index is 5.98. The molecule has 3 atom stereocenters. The first-order chi connectivity index (χ1) is 9.63. The lowest BCUT2D eigenvalue weighted by atomic mass is 9.91. The van der Waals surface area contributed by atoms with Crippen molar-refractivity contribution in [2.24, 2.45) is 11.7 Å². The Morgan fingerprint density at radius 1 is 1.40 bits per heavy atom. The van der Waals surface area contributed by atoms with Crippen LogP contribution in [0.4, 0.5) is 5.95 Å². The van der Waals surface area contributed by atoms with Gasteiger partial charge >= 0.3 is 0 Å². The van der Waals surface area contributed by atoms with Crippen LogP contribution >= 0.6 is 0 Å². The number of anilines is 1. The van der Waals surface area contributed by atoms with Crippen molar-refractivity contribution in [3.8, 4) is 0 Å². The van der Waals surface area contributed by atoms with Crippen molar-refractivity contribution in [3.63, 3.8) is 0 Å². The SMILES string of the molecule is CC1CC(c2nc(N3CCC(C(C)N)CC3)n[nH]2)CO1. The Kier molecular flexibility index (Phi) is 3.94. The van der Waals surface area contributed by atoms with Gasteiger partial charge in [0.1, 0.15) is 5.82 Å². The Hall–Kier alpha value is -1.14. The molecule has 1 aromatic rings. The van der Waals surface area contributed by atoms with Gasteiger partial charge in [-0.2, -0.15) is 4.98 Å². The molecule has 3 N–H and O–H groups in total. The van der Waals surface area contributed by atoms with Crippen LogP contribution in [0.5, 0.6) is 0 Å². The lowest BCUT2D eigenvalue weighted by Crippen LogP contribution is -2.40. The number of aromatic nitrogens is 3. The van der Waals surface area contributed by atoms with E-state index in [0.29, 0.717) is 17.9 Å². The van der Waals surface area contributed by atoms with Crippen LogP contribution in [0.3, 0.4) is 0 Å². The molecule has 3 unspecified atom stereocenters. The third kappa shape index (κ3) is 2.81. The van der Waals surface area contributed by atoms with E-state index in [1.807, 2.05) is 0 Å². The fourth-order valence-electron chi connectivity index (χ4n) is 3.22. The van der Waals surface area contributed by atoms with Gasteiger partial charge in [0.2, 0.25) is 5.95 Å². The zero-order chi connectivity index (χ0) is 14.1. The Morgan fingerprint density at radius 2 is 2.15 bits per heavy atom. The summed E-state index contributed by atoms with van der Waals surface area (Å²) in [5, 5.41) is 7.47. The number of aromatic amines is 1. The zero-order valence-electron chi connectivity index (χ0n) is 12.4. The van der Waals surface area contributed by atoms with Crippen molar-refractivity contribution in [1.82, 2.24) is 15.2 Å². The number of nitrogens with two attached hydrogens (primary N) is 1. The normalized spacial score (nSPS) is 29.9. The van der Waals surface area contributed by atoms with Gasteiger partial charge in [0.25, 0.3) is 0 Å². The number of hydrogen-bond donors (Lipinski definition) is 2. The molecule has 2 aliphatic rings. The van der Waals surface area contributed by atoms with Crippen LogP contribution in [0.15, 0.2) is 0 Å². The molecule has 0 saturated carbocycles. The summed E-state index contributed by atoms with van der Waals surface area (Å²) in [5.74, 6) is 2.81. The molecule has 0 amide bonds. The number of hydrogen-bond acceptors (Lipinski definition) is 5. The van der Waals surface area contributed by atoms with Gasteiger partial charge < -0.3 is 15.4 Å². The molecule has 2 fully saturated rings. The summed E-state index contributed by atoms with van der Waals surface area (Å²) in [7, 11) is 0. The van der Waals surface area contributed by atoms with Crippen molar-refractivity contribution < 1.29 is 4.74 Å². The first kappa shape index (κ1) is 13.8. The zero-order valence-corrected chi connectivity index (χ0v) is 12.4.